The van der Waals surface area contributed by atoms with Crippen molar-refractivity contribution in [3.05, 3.63) is 95.3 Å². The van der Waals surface area contributed by atoms with E-state index in [1.807, 2.05) is 69.3 Å². The van der Waals surface area contributed by atoms with Crippen LogP contribution in [0.3, 0.4) is 0 Å². The average molecular weight is 808 g/mol. The van der Waals surface area contributed by atoms with Gasteiger partial charge in [-0.15, -0.1) is 0 Å². The number of aliphatic hydroxyl groups is 1. The third-order valence-corrected chi connectivity index (χ3v) is 11.2. The summed E-state index contributed by atoms with van der Waals surface area (Å²) in [6.07, 6.45) is -0.791. The van der Waals surface area contributed by atoms with E-state index in [9.17, 15) is 37.8 Å². The predicted octanol–water partition coefficient (Wildman–Crippen LogP) is 3.75. The van der Waals surface area contributed by atoms with Crippen LogP contribution < -0.4 is 16.1 Å². The Balaban J connectivity index is 1.63. The number of carbonyl (C=O) groups excluding carboxylic acids is 3. The zero-order valence-corrected chi connectivity index (χ0v) is 34.6. The molecule has 5 N–H and O–H groups in total. The minimum absolute atomic E-state index is 0.00775. The second-order valence-electron chi connectivity index (χ2n) is 15.9. The largest absolute Gasteiger partial charge is 0.465 e. The minimum Gasteiger partial charge on any atom is -0.465 e. The van der Waals surface area contributed by atoms with Crippen molar-refractivity contribution in [2.24, 2.45) is 11.3 Å². The quantitative estimate of drug-likeness (QED) is 0.118. The van der Waals surface area contributed by atoms with Gasteiger partial charge in [0.2, 0.25) is 5.91 Å². The number of rotatable bonds is 18. The lowest BCUT2D eigenvalue weighted by atomic mass is 9.86. The molecule has 0 aliphatic carbocycles. The maximum Gasteiger partial charge on any atom is 0.405 e. The van der Waals surface area contributed by atoms with E-state index >= 15 is 0 Å². The number of carbonyl (C=O) groups is 4. The Kier molecular flexibility index (Phi) is 15.2. The van der Waals surface area contributed by atoms with Gasteiger partial charge in [0.05, 0.1) is 29.3 Å². The number of nitrogens with zero attached hydrogens (tertiary/aromatic N) is 4. The summed E-state index contributed by atoms with van der Waals surface area (Å²) < 4.78 is 24.2. The summed E-state index contributed by atoms with van der Waals surface area (Å²) in [5.74, 6) is -1.34. The van der Waals surface area contributed by atoms with Crippen LogP contribution in [-0.4, -0.2) is 112 Å². The molecule has 3 aromatic rings. The number of amides is 5. The molecule has 4 rings (SSSR count). The molecule has 16 heteroatoms. The summed E-state index contributed by atoms with van der Waals surface area (Å²) in [6.45, 7) is 11.7. The first-order valence-electron chi connectivity index (χ1n) is 19.1. The number of sulfone groups is 1. The fourth-order valence-electron chi connectivity index (χ4n) is 6.82. The number of nitrogens with one attached hydrogen (secondary N) is 3. The van der Waals surface area contributed by atoms with Crippen LogP contribution in [0.4, 0.5) is 9.59 Å². The molecule has 5 amide bonds. The molecule has 310 valence electrons. The Morgan fingerprint density at radius 1 is 0.930 bits per heavy atom. The number of pyridine rings is 1. The number of aryl methyl sites for hydroxylation is 1. The second-order valence-corrected chi connectivity index (χ2v) is 17.9. The molecule has 0 spiro atoms. The average Bonchev–Trinajstić information content (AvgIpc) is 3.48. The smallest absolute Gasteiger partial charge is 0.405 e. The molecule has 0 saturated carbocycles. The van der Waals surface area contributed by atoms with Gasteiger partial charge in [0.25, 0.3) is 5.91 Å². The van der Waals surface area contributed by atoms with Crippen LogP contribution in [0.2, 0.25) is 0 Å². The molecule has 5 unspecified atom stereocenters. The highest BCUT2D eigenvalue weighted by atomic mass is 32.2. The van der Waals surface area contributed by atoms with Gasteiger partial charge < -0.3 is 30.6 Å². The van der Waals surface area contributed by atoms with Crippen LogP contribution in [-0.2, 0) is 38.9 Å². The zero-order valence-electron chi connectivity index (χ0n) is 33.8. The van der Waals surface area contributed by atoms with Crippen LogP contribution >= 0.6 is 0 Å². The zero-order chi connectivity index (χ0) is 42.1. The lowest BCUT2D eigenvalue weighted by molar-refractivity contribution is -0.132. The molecule has 0 bridgehead atoms. The van der Waals surface area contributed by atoms with Crippen LogP contribution in [0, 0.1) is 18.3 Å². The Labute approximate surface area is 335 Å². The van der Waals surface area contributed by atoms with Gasteiger partial charge in [-0.2, -0.15) is 0 Å². The van der Waals surface area contributed by atoms with Gasteiger partial charge in [-0.05, 0) is 60.1 Å². The Morgan fingerprint density at radius 3 is 2.18 bits per heavy atom. The second kappa shape index (κ2) is 19.4. The first-order valence-corrected chi connectivity index (χ1v) is 21.0. The first kappa shape index (κ1) is 44.7. The van der Waals surface area contributed by atoms with E-state index in [1.54, 1.807) is 42.7 Å². The number of hydrogen-bond acceptors (Lipinski definition) is 9. The number of urea groups is 1. The van der Waals surface area contributed by atoms with Gasteiger partial charge >= 0.3 is 12.1 Å². The van der Waals surface area contributed by atoms with Crippen molar-refractivity contribution in [1.82, 2.24) is 35.9 Å². The summed E-state index contributed by atoms with van der Waals surface area (Å²) in [4.78, 5) is 61.5. The Hall–Kier alpha value is -5.06. The van der Waals surface area contributed by atoms with E-state index in [1.165, 1.54) is 17.1 Å². The summed E-state index contributed by atoms with van der Waals surface area (Å²) >= 11 is 0. The first-order chi connectivity index (χ1) is 26.8. The van der Waals surface area contributed by atoms with E-state index in [0.717, 1.165) is 23.2 Å². The number of carboxylic acid groups (broad SMARTS) is 1. The number of aliphatic hydroxyl groups excluding tert-OH is 1. The maximum atomic E-state index is 14.4. The van der Waals surface area contributed by atoms with E-state index in [2.05, 4.69) is 21.0 Å². The lowest BCUT2D eigenvalue weighted by Crippen LogP contribution is -2.60. The molecule has 1 aromatic heterocycles. The van der Waals surface area contributed by atoms with Crippen molar-refractivity contribution < 1.29 is 37.8 Å². The highest BCUT2D eigenvalue weighted by Gasteiger charge is 2.41. The number of hydrogen-bond donors (Lipinski definition) is 5. The van der Waals surface area contributed by atoms with Crippen LogP contribution in [0.1, 0.15) is 63.6 Å². The van der Waals surface area contributed by atoms with Gasteiger partial charge in [0.15, 0.2) is 9.84 Å². The summed E-state index contributed by atoms with van der Waals surface area (Å²) in [5, 5.41) is 28.3. The minimum atomic E-state index is -3.48. The lowest BCUT2D eigenvalue weighted by Gasteiger charge is -2.36. The summed E-state index contributed by atoms with van der Waals surface area (Å²) in [5.41, 5.74) is 4.93. The van der Waals surface area contributed by atoms with Crippen molar-refractivity contribution >= 4 is 33.8 Å². The number of benzene rings is 2. The van der Waals surface area contributed by atoms with Gasteiger partial charge in [-0.1, -0.05) is 89.6 Å². The van der Waals surface area contributed by atoms with E-state index in [-0.39, 0.29) is 36.4 Å². The Bertz CT molecular complexity index is 1960. The van der Waals surface area contributed by atoms with Gasteiger partial charge in [0, 0.05) is 38.1 Å². The van der Waals surface area contributed by atoms with E-state index < -0.39 is 57.4 Å². The van der Waals surface area contributed by atoms with Crippen LogP contribution in [0.15, 0.2) is 77.7 Å². The maximum absolute atomic E-state index is 14.4. The fourth-order valence-corrected chi connectivity index (χ4v) is 7.45. The topological polar surface area (TPSA) is 202 Å². The van der Waals surface area contributed by atoms with E-state index in [0.29, 0.717) is 31.6 Å². The SMILES string of the molecule is CCC(C)C(C(=O)NC(Cc1ccccc1)C(O)CN(Cc1ccc(S(C)(=O)=O)cc1)NC(=O)C(NC(=O)O)C(C)(C)C)N1CCN(Cc2cccc(C)n2)C1=O. The molecule has 1 saturated heterocycles. The molecule has 2 heterocycles. The molecular weight excluding hydrogens is 751 g/mol. The standard InChI is InChI=1S/C41H57N7O8S/c1-8-27(2)35(48-22-21-46(40(48)54)25-31-16-12-13-28(3)42-31)37(50)43-33(23-29-14-10-9-11-15-29)34(49)26-47(24-30-17-19-32(20-18-30)57(7,55)56)45-38(51)36(41(4,5)6)44-39(52)53/h9-20,27,33-36,44,49H,8,21-26H2,1-7H3,(H,43,50)(H,45,51)(H,52,53). The van der Waals surface area contributed by atoms with Gasteiger partial charge in [0.1, 0.15) is 12.1 Å². The van der Waals surface area contributed by atoms with Gasteiger partial charge in [-0.3, -0.25) is 20.0 Å². The highest BCUT2D eigenvalue weighted by molar-refractivity contribution is 7.90. The molecule has 1 aliphatic heterocycles. The molecule has 57 heavy (non-hydrogen) atoms. The third-order valence-electron chi connectivity index (χ3n) is 10.1. The van der Waals surface area contributed by atoms with Crippen molar-refractivity contribution in [3.63, 3.8) is 0 Å². The van der Waals surface area contributed by atoms with E-state index in [4.69, 9.17) is 0 Å². The van der Waals surface area contributed by atoms with Crippen molar-refractivity contribution in [2.45, 2.75) is 96.6 Å². The number of hydrazine groups is 1. The summed E-state index contributed by atoms with van der Waals surface area (Å²) in [7, 11) is -3.48. The fraction of sp³-hybridized carbons (Fsp3) is 0.488. The third kappa shape index (κ3) is 12.7. The monoisotopic (exact) mass is 807 g/mol. The molecule has 2 aromatic carbocycles. The molecular formula is C41H57N7O8S. The van der Waals surface area contributed by atoms with Crippen molar-refractivity contribution in [2.75, 3.05) is 25.9 Å². The normalized spacial score (nSPS) is 16.1. The summed E-state index contributed by atoms with van der Waals surface area (Å²) in [6, 6.07) is 17.8. The highest BCUT2D eigenvalue weighted by Crippen LogP contribution is 2.24. The Morgan fingerprint density at radius 2 is 1.60 bits per heavy atom. The molecule has 0 radical (unpaired) electrons. The van der Waals surface area contributed by atoms with Crippen LogP contribution in [0.5, 0.6) is 0 Å². The number of aromatic nitrogens is 1. The molecule has 5 atom stereocenters. The van der Waals surface area contributed by atoms with Crippen LogP contribution in [0.25, 0.3) is 0 Å². The molecule has 1 fully saturated rings. The predicted molar refractivity (Wildman–Crippen MR) is 215 cm³/mol. The molecule has 1 aliphatic rings. The van der Waals surface area contributed by atoms with Crippen molar-refractivity contribution in [3.8, 4) is 0 Å². The van der Waals surface area contributed by atoms with Gasteiger partial charge in [-0.25, -0.2) is 23.0 Å². The molecule has 15 nitrogen and oxygen atoms in total. The van der Waals surface area contributed by atoms with Crippen molar-refractivity contribution in [1.29, 1.82) is 0 Å².